The van der Waals surface area contributed by atoms with Crippen molar-refractivity contribution < 1.29 is 9.53 Å². The molecule has 0 bridgehead atoms. The van der Waals surface area contributed by atoms with Gasteiger partial charge in [0.2, 0.25) is 5.91 Å². The van der Waals surface area contributed by atoms with Gasteiger partial charge in [-0.25, -0.2) is 0 Å². The molecule has 0 atom stereocenters. The minimum atomic E-state index is -0.128. The molecule has 0 unspecified atom stereocenters. The molecule has 29 heavy (non-hydrogen) atoms. The lowest BCUT2D eigenvalue weighted by atomic mass is 10.1. The standard InChI is InChI=1S/C21H23ClN4O2S/c1-13-6-5-7-18(15(13)3)28-11-19-24-25-21(26(19)4)29-12-20(27)23-17-10-16(22)9-8-14(17)2/h5-10H,11-12H2,1-4H3,(H,23,27). The van der Waals surface area contributed by atoms with Gasteiger partial charge < -0.3 is 14.6 Å². The molecule has 1 N–H and O–H groups in total. The van der Waals surface area contributed by atoms with E-state index in [-0.39, 0.29) is 11.7 Å². The zero-order valence-electron chi connectivity index (χ0n) is 16.8. The first-order valence-corrected chi connectivity index (χ1v) is 10.5. The fraction of sp³-hybridized carbons (Fsp3) is 0.286. The van der Waals surface area contributed by atoms with Crippen LogP contribution < -0.4 is 10.1 Å². The van der Waals surface area contributed by atoms with E-state index < -0.39 is 0 Å². The van der Waals surface area contributed by atoms with E-state index in [4.69, 9.17) is 16.3 Å². The van der Waals surface area contributed by atoms with E-state index in [1.165, 1.54) is 17.3 Å². The summed E-state index contributed by atoms with van der Waals surface area (Å²) in [5.41, 5.74) is 3.95. The lowest BCUT2D eigenvalue weighted by molar-refractivity contribution is -0.113. The minimum Gasteiger partial charge on any atom is -0.485 e. The maximum Gasteiger partial charge on any atom is 0.234 e. The summed E-state index contributed by atoms with van der Waals surface area (Å²) in [6.07, 6.45) is 0. The van der Waals surface area contributed by atoms with Crippen molar-refractivity contribution in [1.82, 2.24) is 14.8 Å². The van der Waals surface area contributed by atoms with Gasteiger partial charge in [-0.3, -0.25) is 4.79 Å². The molecule has 1 aromatic heterocycles. The Balaban J connectivity index is 1.57. The van der Waals surface area contributed by atoms with E-state index in [0.717, 1.165) is 16.9 Å². The molecule has 2 aromatic carbocycles. The number of rotatable bonds is 7. The molecule has 152 valence electrons. The van der Waals surface area contributed by atoms with Gasteiger partial charge in [0.1, 0.15) is 12.4 Å². The number of ether oxygens (including phenoxy) is 1. The van der Waals surface area contributed by atoms with Gasteiger partial charge in [-0.2, -0.15) is 0 Å². The molecule has 0 aliphatic rings. The summed E-state index contributed by atoms with van der Waals surface area (Å²) >= 11 is 7.32. The lowest BCUT2D eigenvalue weighted by Gasteiger charge is -2.11. The smallest absolute Gasteiger partial charge is 0.234 e. The number of aromatic nitrogens is 3. The van der Waals surface area contributed by atoms with Gasteiger partial charge in [0.25, 0.3) is 0 Å². The van der Waals surface area contributed by atoms with Crippen LogP contribution in [0.25, 0.3) is 0 Å². The van der Waals surface area contributed by atoms with Crippen LogP contribution in [0.15, 0.2) is 41.6 Å². The number of anilines is 1. The minimum absolute atomic E-state index is 0.128. The summed E-state index contributed by atoms with van der Waals surface area (Å²) in [4.78, 5) is 12.3. The van der Waals surface area contributed by atoms with Crippen LogP contribution >= 0.6 is 23.4 Å². The number of hydrogen-bond donors (Lipinski definition) is 1. The normalized spacial score (nSPS) is 10.8. The first-order valence-electron chi connectivity index (χ1n) is 9.11. The second kappa shape index (κ2) is 9.33. The van der Waals surface area contributed by atoms with Gasteiger partial charge >= 0.3 is 0 Å². The number of nitrogens with zero attached hydrogens (tertiary/aromatic N) is 3. The molecule has 0 spiro atoms. The van der Waals surface area contributed by atoms with Gasteiger partial charge in [0, 0.05) is 17.8 Å². The van der Waals surface area contributed by atoms with Crippen molar-refractivity contribution in [2.45, 2.75) is 32.5 Å². The van der Waals surface area contributed by atoms with Crippen molar-refractivity contribution in [2.75, 3.05) is 11.1 Å². The fourth-order valence-electron chi connectivity index (χ4n) is 2.66. The zero-order chi connectivity index (χ0) is 21.0. The lowest BCUT2D eigenvalue weighted by Crippen LogP contribution is -2.15. The summed E-state index contributed by atoms with van der Waals surface area (Å²) in [6, 6.07) is 11.4. The molecule has 0 radical (unpaired) electrons. The van der Waals surface area contributed by atoms with Crippen molar-refractivity contribution in [3.63, 3.8) is 0 Å². The van der Waals surface area contributed by atoms with Crippen LogP contribution in [0.2, 0.25) is 5.02 Å². The molecule has 3 aromatic rings. The van der Waals surface area contributed by atoms with Gasteiger partial charge in [-0.05, 0) is 55.7 Å². The number of amides is 1. The Hall–Kier alpha value is -2.51. The Morgan fingerprint density at radius 3 is 2.76 bits per heavy atom. The van der Waals surface area contributed by atoms with E-state index >= 15 is 0 Å². The maximum absolute atomic E-state index is 12.3. The predicted octanol–water partition coefficient (Wildman–Crippen LogP) is 4.70. The van der Waals surface area contributed by atoms with Gasteiger partial charge in [0.15, 0.2) is 11.0 Å². The van der Waals surface area contributed by atoms with Gasteiger partial charge in [-0.15, -0.1) is 10.2 Å². The summed E-state index contributed by atoms with van der Waals surface area (Å²) in [5.74, 6) is 1.62. The van der Waals surface area contributed by atoms with Crippen molar-refractivity contribution in [1.29, 1.82) is 0 Å². The third-order valence-corrected chi connectivity index (χ3v) is 5.90. The largest absolute Gasteiger partial charge is 0.485 e. The number of hydrogen-bond acceptors (Lipinski definition) is 5. The quantitative estimate of drug-likeness (QED) is 0.550. The molecule has 1 heterocycles. The summed E-state index contributed by atoms with van der Waals surface area (Å²) in [7, 11) is 1.86. The molecule has 3 rings (SSSR count). The number of halogens is 1. The first-order chi connectivity index (χ1) is 13.8. The summed E-state index contributed by atoms with van der Waals surface area (Å²) in [5, 5.41) is 12.5. The van der Waals surface area contributed by atoms with E-state index in [0.29, 0.717) is 28.3 Å². The van der Waals surface area contributed by atoms with E-state index in [1.54, 1.807) is 12.1 Å². The molecule has 0 saturated carbocycles. The van der Waals surface area contributed by atoms with Crippen molar-refractivity contribution >= 4 is 35.0 Å². The Kier molecular flexibility index (Phi) is 6.82. The predicted molar refractivity (Wildman–Crippen MR) is 117 cm³/mol. The number of benzene rings is 2. The average molecular weight is 431 g/mol. The zero-order valence-corrected chi connectivity index (χ0v) is 18.4. The molecule has 0 fully saturated rings. The first kappa shape index (κ1) is 21.2. The second-order valence-corrected chi connectivity index (χ2v) is 8.12. The van der Waals surface area contributed by atoms with Crippen LogP contribution in [0.3, 0.4) is 0 Å². The van der Waals surface area contributed by atoms with Crippen molar-refractivity contribution in [3.05, 3.63) is 63.9 Å². The van der Waals surface area contributed by atoms with E-state index in [9.17, 15) is 4.79 Å². The SMILES string of the molecule is Cc1ccc(Cl)cc1NC(=O)CSc1nnc(COc2cccc(C)c2C)n1C. The molecule has 6 nitrogen and oxygen atoms in total. The molecule has 0 saturated heterocycles. The third-order valence-electron chi connectivity index (χ3n) is 4.64. The van der Waals surface area contributed by atoms with Crippen LogP contribution in [-0.4, -0.2) is 26.4 Å². The number of aryl methyl sites for hydroxylation is 2. The topological polar surface area (TPSA) is 69.0 Å². The average Bonchev–Trinajstić information content (AvgIpc) is 3.04. The van der Waals surface area contributed by atoms with E-state index in [2.05, 4.69) is 28.5 Å². The summed E-state index contributed by atoms with van der Waals surface area (Å²) < 4.78 is 7.74. The molecule has 0 aliphatic carbocycles. The summed E-state index contributed by atoms with van der Waals surface area (Å²) in [6.45, 7) is 6.31. The molecule has 8 heteroatoms. The highest BCUT2D eigenvalue weighted by atomic mass is 35.5. The Morgan fingerprint density at radius 2 is 1.97 bits per heavy atom. The van der Waals surface area contributed by atoms with Crippen LogP contribution in [0.4, 0.5) is 5.69 Å². The van der Waals surface area contributed by atoms with Crippen LogP contribution in [0, 0.1) is 20.8 Å². The van der Waals surface area contributed by atoms with Crippen molar-refractivity contribution in [3.8, 4) is 5.75 Å². The van der Waals surface area contributed by atoms with Crippen LogP contribution in [-0.2, 0) is 18.4 Å². The van der Waals surface area contributed by atoms with Crippen LogP contribution in [0.5, 0.6) is 5.75 Å². The highest BCUT2D eigenvalue weighted by Crippen LogP contribution is 2.23. The Labute approximate surface area is 179 Å². The number of carbonyl (C=O) groups excluding carboxylic acids is 1. The Bertz CT molecular complexity index is 1040. The molecule has 1 amide bonds. The molecule has 0 aliphatic heterocycles. The molecular weight excluding hydrogens is 408 g/mol. The third kappa shape index (κ3) is 5.31. The fourth-order valence-corrected chi connectivity index (χ4v) is 3.57. The molecular formula is C21H23ClN4O2S. The number of carbonyl (C=O) groups is 1. The van der Waals surface area contributed by atoms with E-state index in [1.807, 2.05) is 43.7 Å². The Morgan fingerprint density at radius 1 is 1.17 bits per heavy atom. The maximum atomic E-state index is 12.3. The second-order valence-electron chi connectivity index (χ2n) is 6.74. The van der Waals surface area contributed by atoms with Gasteiger partial charge in [-0.1, -0.05) is 41.6 Å². The number of nitrogens with one attached hydrogen (secondary N) is 1. The van der Waals surface area contributed by atoms with Gasteiger partial charge in [0.05, 0.1) is 5.75 Å². The highest BCUT2D eigenvalue weighted by molar-refractivity contribution is 7.99. The van der Waals surface area contributed by atoms with Crippen molar-refractivity contribution in [2.24, 2.45) is 7.05 Å². The number of thioether (sulfide) groups is 1. The van der Waals surface area contributed by atoms with Crippen LogP contribution in [0.1, 0.15) is 22.5 Å². The monoisotopic (exact) mass is 430 g/mol. The highest BCUT2D eigenvalue weighted by Gasteiger charge is 2.13.